The third-order valence-corrected chi connectivity index (χ3v) is 5.55. The van der Waals surface area contributed by atoms with Crippen molar-refractivity contribution in [2.24, 2.45) is 0 Å². The van der Waals surface area contributed by atoms with Crippen LogP contribution in [0.5, 0.6) is 0 Å². The van der Waals surface area contributed by atoms with Crippen LogP contribution in [0.3, 0.4) is 0 Å². The van der Waals surface area contributed by atoms with Gasteiger partial charge in [0.2, 0.25) is 0 Å². The number of thiophene rings is 1. The van der Waals surface area contributed by atoms with Gasteiger partial charge >= 0.3 is 11.9 Å². The van der Waals surface area contributed by atoms with E-state index in [9.17, 15) is 14.9 Å². The average molecular weight is 445 g/mol. The Kier molecular flexibility index (Phi) is 6.40. The fourth-order valence-electron chi connectivity index (χ4n) is 2.79. The van der Waals surface area contributed by atoms with E-state index in [1.54, 1.807) is 26.0 Å². The summed E-state index contributed by atoms with van der Waals surface area (Å²) in [4.78, 5) is 25.0. The van der Waals surface area contributed by atoms with E-state index in [2.05, 4.69) is 5.10 Å². The van der Waals surface area contributed by atoms with Crippen LogP contribution in [0.4, 0.5) is 5.00 Å². The Balaban J connectivity index is 1.88. The number of rotatable bonds is 6. The molecule has 0 bridgehead atoms. The first-order valence-electron chi connectivity index (χ1n) is 8.85. The number of esters is 2. The minimum absolute atomic E-state index is 0.0821. The molecule has 2 N–H and O–H groups in total. The number of carbonyl (C=O) groups excluding carboxylic acids is 2. The molecule has 3 rings (SSSR count). The van der Waals surface area contributed by atoms with Crippen molar-refractivity contribution < 1.29 is 19.1 Å². The summed E-state index contributed by atoms with van der Waals surface area (Å²) in [5.74, 6) is -1.36. The van der Waals surface area contributed by atoms with Gasteiger partial charge in [0.15, 0.2) is 0 Å². The van der Waals surface area contributed by atoms with Crippen molar-refractivity contribution in [2.45, 2.75) is 20.5 Å². The van der Waals surface area contributed by atoms with E-state index in [4.69, 9.17) is 26.8 Å². The van der Waals surface area contributed by atoms with Crippen molar-refractivity contribution in [3.8, 4) is 11.8 Å². The monoisotopic (exact) mass is 444 g/mol. The molecular formula is C20H17ClN4O4S. The molecule has 154 valence electrons. The lowest BCUT2D eigenvalue weighted by Gasteiger charge is -2.07. The summed E-state index contributed by atoms with van der Waals surface area (Å²) in [7, 11) is 0. The van der Waals surface area contributed by atoms with Crippen molar-refractivity contribution in [1.82, 2.24) is 9.78 Å². The summed E-state index contributed by atoms with van der Waals surface area (Å²) in [6.07, 6.45) is 0. The second-order valence-corrected chi connectivity index (χ2v) is 7.47. The van der Waals surface area contributed by atoms with Crippen LogP contribution in [-0.2, 0) is 16.1 Å². The molecule has 0 aliphatic heterocycles. The molecule has 0 saturated heterocycles. The van der Waals surface area contributed by atoms with Gasteiger partial charge in [0.05, 0.1) is 23.6 Å². The van der Waals surface area contributed by atoms with Crippen LogP contribution in [0.25, 0.3) is 5.69 Å². The lowest BCUT2D eigenvalue weighted by Crippen LogP contribution is -2.11. The predicted octanol–water partition coefficient (Wildman–Crippen LogP) is 3.88. The van der Waals surface area contributed by atoms with Crippen molar-refractivity contribution in [2.75, 3.05) is 12.3 Å². The number of nitrogens with two attached hydrogens (primary N) is 1. The standard InChI is InChI=1S/C20H17ClN4O4S/c1-3-28-20(27)16-14(13(9-22)18(23)30-16)10-29-19(26)15-11(2)24-25(17(15)21)12-7-5-4-6-8-12/h4-8H,3,10,23H2,1-2H3. The molecule has 1 aromatic carbocycles. The van der Waals surface area contributed by atoms with Crippen molar-refractivity contribution in [1.29, 1.82) is 5.26 Å². The number of anilines is 1. The Labute approximate surface area is 181 Å². The molecule has 0 fully saturated rings. The maximum atomic E-state index is 12.7. The topological polar surface area (TPSA) is 120 Å². The molecule has 0 spiro atoms. The van der Waals surface area contributed by atoms with E-state index in [0.717, 1.165) is 11.3 Å². The Bertz CT molecular complexity index is 1150. The number of nitrogen functional groups attached to an aromatic ring is 1. The normalized spacial score (nSPS) is 10.5. The lowest BCUT2D eigenvalue weighted by atomic mass is 10.1. The van der Waals surface area contributed by atoms with Gasteiger partial charge in [0.1, 0.15) is 33.3 Å². The van der Waals surface area contributed by atoms with Crippen LogP contribution < -0.4 is 5.73 Å². The predicted molar refractivity (Wildman–Crippen MR) is 112 cm³/mol. The van der Waals surface area contributed by atoms with E-state index >= 15 is 0 Å². The lowest BCUT2D eigenvalue weighted by molar-refractivity contribution is 0.0452. The largest absolute Gasteiger partial charge is 0.462 e. The SMILES string of the molecule is CCOC(=O)c1sc(N)c(C#N)c1COC(=O)c1c(C)nn(-c2ccccc2)c1Cl. The number of carbonyl (C=O) groups is 2. The zero-order valence-electron chi connectivity index (χ0n) is 16.1. The van der Waals surface area contributed by atoms with Crippen molar-refractivity contribution in [3.05, 3.63) is 62.7 Å². The van der Waals surface area contributed by atoms with Gasteiger partial charge in [0.25, 0.3) is 0 Å². The molecule has 0 atom stereocenters. The maximum absolute atomic E-state index is 12.7. The highest BCUT2D eigenvalue weighted by Crippen LogP contribution is 2.32. The zero-order chi connectivity index (χ0) is 21.8. The van der Waals surface area contributed by atoms with E-state index in [1.807, 2.05) is 24.3 Å². The van der Waals surface area contributed by atoms with Crippen molar-refractivity contribution >= 4 is 39.9 Å². The molecule has 8 nitrogen and oxygen atoms in total. The van der Waals surface area contributed by atoms with Gasteiger partial charge in [-0.05, 0) is 26.0 Å². The van der Waals surface area contributed by atoms with Crippen LogP contribution in [0.1, 0.15) is 43.8 Å². The number of halogens is 1. The van der Waals surface area contributed by atoms with E-state index in [-0.39, 0.29) is 44.9 Å². The van der Waals surface area contributed by atoms with Gasteiger partial charge in [-0.25, -0.2) is 14.3 Å². The second kappa shape index (κ2) is 8.98. The van der Waals surface area contributed by atoms with E-state index < -0.39 is 11.9 Å². The molecule has 0 saturated carbocycles. The second-order valence-electron chi connectivity index (χ2n) is 6.06. The van der Waals surface area contributed by atoms with E-state index in [0.29, 0.717) is 11.4 Å². The summed E-state index contributed by atoms with van der Waals surface area (Å²) in [6, 6.07) is 11.0. The third-order valence-electron chi connectivity index (χ3n) is 4.16. The molecular weight excluding hydrogens is 428 g/mol. The fourth-order valence-corrected chi connectivity index (χ4v) is 4.05. The summed E-state index contributed by atoms with van der Waals surface area (Å²) < 4.78 is 11.8. The molecule has 3 aromatic rings. The van der Waals surface area contributed by atoms with Gasteiger partial charge in [0, 0.05) is 5.56 Å². The molecule has 10 heteroatoms. The van der Waals surface area contributed by atoms with Crippen LogP contribution in [-0.4, -0.2) is 28.3 Å². The Morgan fingerprint density at radius 3 is 2.60 bits per heavy atom. The Hall–Kier alpha value is -3.35. The Morgan fingerprint density at radius 1 is 1.27 bits per heavy atom. The smallest absolute Gasteiger partial charge is 0.348 e. The van der Waals surface area contributed by atoms with Crippen LogP contribution in [0, 0.1) is 18.3 Å². The maximum Gasteiger partial charge on any atom is 0.348 e. The van der Waals surface area contributed by atoms with Gasteiger partial charge in [-0.2, -0.15) is 10.4 Å². The number of nitrogens with zero attached hydrogens (tertiary/aromatic N) is 3. The minimum Gasteiger partial charge on any atom is -0.462 e. The number of hydrogen-bond acceptors (Lipinski definition) is 8. The highest BCUT2D eigenvalue weighted by atomic mass is 35.5. The Morgan fingerprint density at radius 2 is 1.97 bits per heavy atom. The minimum atomic E-state index is -0.733. The third kappa shape index (κ3) is 4.01. The highest BCUT2D eigenvalue weighted by Gasteiger charge is 2.26. The molecule has 0 amide bonds. The van der Waals surface area contributed by atoms with Gasteiger partial charge in [-0.1, -0.05) is 29.8 Å². The van der Waals surface area contributed by atoms with E-state index in [1.165, 1.54) is 4.68 Å². The number of hydrogen-bond donors (Lipinski definition) is 1. The molecule has 0 aliphatic carbocycles. The highest BCUT2D eigenvalue weighted by molar-refractivity contribution is 7.18. The van der Waals surface area contributed by atoms with Gasteiger partial charge in [-0.15, -0.1) is 11.3 Å². The molecule has 2 aromatic heterocycles. The molecule has 2 heterocycles. The summed E-state index contributed by atoms with van der Waals surface area (Å²) in [5, 5.41) is 13.9. The number of benzene rings is 1. The first-order valence-corrected chi connectivity index (χ1v) is 10.0. The number of aromatic nitrogens is 2. The molecule has 0 aliphatic rings. The van der Waals surface area contributed by atoms with Crippen LogP contribution in [0.15, 0.2) is 30.3 Å². The fraction of sp³-hybridized carbons (Fsp3) is 0.200. The number of nitriles is 1. The average Bonchev–Trinajstić information content (AvgIpc) is 3.22. The zero-order valence-corrected chi connectivity index (χ0v) is 17.7. The summed E-state index contributed by atoms with van der Waals surface area (Å²) in [5.41, 5.74) is 7.28. The molecule has 0 radical (unpaired) electrons. The number of ether oxygens (including phenoxy) is 2. The molecule has 0 unspecified atom stereocenters. The summed E-state index contributed by atoms with van der Waals surface area (Å²) >= 11 is 7.30. The van der Waals surface area contributed by atoms with Gasteiger partial charge < -0.3 is 15.2 Å². The number of aryl methyl sites for hydroxylation is 1. The first-order chi connectivity index (χ1) is 14.4. The summed E-state index contributed by atoms with van der Waals surface area (Å²) in [6.45, 7) is 3.12. The van der Waals surface area contributed by atoms with Crippen LogP contribution in [0.2, 0.25) is 5.15 Å². The molecule has 30 heavy (non-hydrogen) atoms. The number of para-hydroxylation sites is 1. The van der Waals surface area contributed by atoms with Gasteiger partial charge in [-0.3, -0.25) is 0 Å². The quantitative estimate of drug-likeness (QED) is 0.572. The van der Waals surface area contributed by atoms with Crippen LogP contribution >= 0.6 is 22.9 Å². The van der Waals surface area contributed by atoms with Crippen molar-refractivity contribution in [3.63, 3.8) is 0 Å². The first kappa shape index (κ1) is 21.4.